The van der Waals surface area contributed by atoms with E-state index in [9.17, 15) is 9.18 Å². The first-order valence-corrected chi connectivity index (χ1v) is 11.8. The van der Waals surface area contributed by atoms with Gasteiger partial charge in [0.2, 0.25) is 0 Å². The lowest BCUT2D eigenvalue weighted by atomic mass is 10.0. The maximum Gasteiger partial charge on any atom is 0.323 e. The zero-order valence-electron chi connectivity index (χ0n) is 19.7. The second-order valence-electron chi connectivity index (χ2n) is 8.79. The van der Waals surface area contributed by atoms with Gasteiger partial charge in [0.25, 0.3) is 0 Å². The second kappa shape index (κ2) is 8.85. The minimum Gasteiger partial charge on any atom is -0.307 e. The summed E-state index contributed by atoms with van der Waals surface area (Å²) in [6, 6.07) is 29.3. The molecular weight excluding hydrogens is 453 g/mol. The molecular formula is C29H24FN5O. The molecule has 2 aromatic heterocycles. The van der Waals surface area contributed by atoms with E-state index in [1.807, 2.05) is 90.6 Å². The summed E-state index contributed by atoms with van der Waals surface area (Å²) >= 11 is 0. The fourth-order valence-electron chi connectivity index (χ4n) is 4.88. The topological polar surface area (TPSA) is 55.1 Å². The first-order valence-electron chi connectivity index (χ1n) is 11.8. The van der Waals surface area contributed by atoms with Crippen LogP contribution in [0, 0.1) is 12.7 Å². The van der Waals surface area contributed by atoms with Crippen LogP contribution < -0.4 is 5.32 Å². The average molecular weight is 478 g/mol. The number of anilines is 1. The SMILES string of the molecule is Cc1nn(-c2ccccc2)c2c1CN(C(=O)Nc1ccccc1F)[C@@H](c1ccccc1)c1cccn1-2. The van der Waals surface area contributed by atoms with Crippen molar-refractivity contribution in [3.05, 3.63) is 132 Å². The summed E-state index contributed by atoms with van der Waals surface area (Å²) in [5.41, 5.74) is 4.71. The monoisotopic (exact) mass is 477 g/mol. The Balaban J connectivity index is 1.54. The number of hydrogen-bond acceptors (Lipinski definition) is 2. The molecule has 0 saturated heterocycles. The molecule has 6 nitrogen and oxygen atoms in total. The number of rotatable bonds is 3. The number of urea groups is 1. The second-order valence-corrected chi connectivity index (χ2v) is 8.79. The minimum atomic E-state index is -0.478. The number of hydrogen-bond donors (Lipinski definition) is 1. The summed E-state index contributed by atoms with van der Waals surface area (Å²) in [6.07, 6.45) is 2.00. The van der Waals surface area contributed by atoms with E-state index in [0.29, 0.717) is 6.54 Å². The predicted octanol–water partition coefficient (Wildman–Crippen LogP) is 6.25. The Labute approximate surface area is 208 Å². The highest BCUT2D eigenvalue weighted by Crippen LogP contribution is 2.38. The van der Waals surface area contributed by atoms with Crippen molar-refractivity contribution in [1.29, 1.82) is 0 Å². The van der Waals surface area contributed by atoms with E-state index < -0.39 is 11.9 Å². The Bertz CT molecular complexity index is 1540. The largest absolute Gasteiger partial charge is 0.323 e. The number of amides is 2. The summed E-state index contributed by atoms with van der Waals surface area (Å²) in [6.45, 7) is 2.26. The number of nitrogens with zero attached hydrogens (tertiary/aromatic N) is 4. The normalized spacial score (nSPS) is 14.6. The van der Waals surface area contributed by atoms with E-state index in [-0.39, 0.29) is 11.7 Å². The number of fused-ring (bicyclic) bond motifs is 3. The van der Waals surface area contributed by atoms with Gasteiger partial charge in [-0.05, 0) is 48.9 Å². The lowest BCUT2D eigenvalue weighted by Crippen LogP contribution is -2.38. The van der Waals surface area contributed by atoms with Crippen molar-refractivity contribution in [2.24, 2.45) is 0 Å². The van der Waals surface area contributed by atoms with E-state index in [1.54, 1.807) is 23.1 Å². The molecule has 0 fully saturated rings. The van der Waals surface area contributed by atoms with Crippen molar-refractivity contribution < 1.29 is 9.18 Å². The van der Waals surface area contributed by atoms with Gasteiger partial charge >= 0.3 is 6.03 Å². The smallest absolute Gasteiger partial charge is 0.307 e. The van der Waals surface area contributed by atoms with E-state index >= 15 is 0 Å². The van der Waals surface area contributed by atoms with E-state index in [1.165, 1.54) is 6.07 Å². The molecule has 36 heavy (non-hydrogen) atoms. The van der Waals surface area contributed by atoms with Crippen molar-refractivity contribution in [1.82, 2.24) is 19.2 Å². The third kappa shape index (κ3) is 3.65. The van der Waals surface area contributed by atoms with Crippen LogP contribution in [0.1, 0.15) is 28.6 Å². The van der Waals surface area contributed by atoms with Gasteiger partial charge in [0.1, 0.15) is 11.6 Å². The molecule has 0 aliphatic carbocycles. The van der Waals surface area contributed by atoms with Gasteiger partial charge in [-0.2, -0.15) is 5.10 Å². The van der Waals surface area contributed by atoms with Crippen molar-refractivity contribution in [3.8, 4) is 11.5 Å². The number of carbonyl (C=O) groups excluding carboxylic acids is 1. The summed E-state index contributed by atoms with van der Waals surface area (Å²) in [4.78, 5) is 15.6. The van der Waals surface area contributed by atoms with E-state index in [0.717, 1.165) is 34.0 Å². The van der Waals surface area contributed by atoms with Crippen LogP contribution in [0.15, 0.2) is 103 Å². The molecule has 0 radical (unpaired) electrons. The predicted molar refractivity (Wildman–Crippen MR) is 137 cm³/mol. The number of benzene rings is 3. The Morgan fingerprint density at radius 1 is 0.917 bits per heavy atom. The third-order valence-corrected chi connectivity index (χ3v) is 6.58. The van der Waals surface area contributed by atoms with Crippen molar-refractivity contribution in [2.75, 3.05) is 5.32 Å². The summed E-state index contributed by atoms with van der Waals surface area (Å²) < 4.78 is 18.5. The summed E-state index contributed by atoms with van der Waals surface area (Å²) in [7, 11) is 0. The van der Waals surface area contributed by atoms with Gasteiger partial charge in [0.15, 0.2) is 0 Å². The Kier molecular flexibility index (Phi) is 5.37. The molecule has 1 N–H and O–H groups in total. The average Bonchev–Trinajstić information content (AvgIpc) is 3.47. The number of para-hydroxylation sites is 2. The lowest BCUT2D eigenvalue weighted by Gasteiger charge is -2.31. The fraction of sp³-hybridized carbons (Fsp3) is 0.103. The van der Waals surface area contributed by atoms with Crippen LogP contribution in [-0.4, -0.2) is 25.3 Å². The lowest BCUT2D eigenvalue weighted by molar-refractivity contribution is 0.194. The number of aryl methyl sites for hydroxylation is 1. The summed E-state index contributed by atoms with van der Waals surface area (Å²) in [5.74, 6) is 0.412. The molecule has 1 aliphatic rings. The zero-order valence-corrected chi connectivity index (χ0v) is 19.7. The molecule has 7 heteroatoms. The number of nitrogens with one attached hydrogen (secondary N) is 1. The van der Waals surface area contributed by atoms with E-state index in [4.69, 9.17) is 5.10 Å². The first-order chi connectivity index (χ1) is 17.6. The highest BCUT2D eigenvalue weighted by Gasteiger charge is 2.36. The Morgan fingerprint density at radius 2 is 1.61 bits per heavy atom. The molecule has 0 spiro atoms. The molecule has 178 valence electrons. The van der Waals surface area contributed by atoms with Gasteiger partial charge < -0.3 is 14.8 Å². The van der Waals surface area contributed by atoms with Gasteiger partial charge in [-0.15, -0.1) is 0 Å². The van der Waals surface area contributed by atoms with Gasteiger partial charge in [0, 0.05) is 11.8 Å². The standard InChI is InChI=1S/C29H24FN5O/c1-20-23-19-34(29(36)31-25-16-9-8-15-24(25)30)27(21-11-4-2-5-12-21)26-17-10-18-33(26)28(23)35(32-20)22-13-6-3-7-14-22/h2-18,27H,19H2,1H3,(H,31,36)/t27-/m0/s1. The molecule has 3 heterocycles. The number of carbonyl (C=O) groups is 1. The maximum atomic E-state index is 14.5. The van der Waals surface area contributed by atoms with Crippen LogP contribution in [0.5, 0.6) is 0 Å². The van der Waals surface area contributed by atoms with Crippen molar-refractivity contribution in [2.45, 2.75) is 19.5 Å². The Hall–Kier alpha value is -4.65. The molecule has 0 saturated carbocycles. The van der Waals surface area contributed by atoms with Crippen LogP contribution >= 0.6 is 0 Å². The maximum absolute atomic E-state index is 14.5. The molecule has 1 atom stereocenters. The van der Waals surface area contributed by atoms with Gasteiger partial charge in [-0.25, -0.2) is 13.9 Å². The number of aromatic nitrogens is 3. The molecule has 0 unspecified atom stereocenters. The number of halogens is 1. The third-order valence-electron chi connectivity index (χ3n) is 6.58. The molecule has 5 aromatic rings. The highest BCUT2D eigenvalue weighted by molar-refractivity contribution is 5.90. The van der Waals surface area contributed by atoms with Crippen LogP contribution in [0.3, 0.4) is 0 Å². The molecule has 2 amide bonds. The zero-order chi connectivity index (χ0) is 24.6. The minimum absolute atomic E-state index is 0.144. The van der Waals surface area contributed by atoms with Crippen molar-refractivity contribution >= 4 is 11.7 Å². The van der Waals surface area contributed by atoms with Crippen LogP contribution in [0.2, 0.25) is 0 Å². The van der Waals surface area contributed by atoms with Crippen LogP contribution in [0.25, 0.3) is 11.5 Å². The highest BCUT2D eigenvalue weighted by atomic mass is 19.1. The fourth-order valence-corrected chi connectivity index (χ4v) is 4.88. The van der Waals surface area contributed by atoms with Gasteiger partial charge in [0.05, 0.1) is 35.3 Å². The molecule has 0 bridgehead atoms. The molecule has 3 aromatic carbocycles. The summed E-state index contributed by atoms with van der Waals surface area (Å²) in [5, 5.41) is 7.64. The first kappa shape index (κ1) is 21.9. The van der Waals surface area contributed by atoms with Crippen LogP contribution in [-0.2, 0) is 6.54 Å². The molecule has 6 rings (SSSR count). The molecule has 1 aliphatic heterocycles. The van der Waals surface area contributed by atoms with Crippen LogP contribution in [0.4, 0.5) is 14.9 Å². The van der Waals surface area contributed by atoms with Crippen molar-refractivity contribution in [3.63, 3.8) is 0 Å². The quantitative estimate of drug-likeness (QED) is 0.334. The van der Waals surface area contributed by atoms with Gasteiger partial charge in [-0.3, -0.25) is 0 Å². The van der Waals surface area contributed by atoms with Gasteiger partial charge in [-0.1, -0.05) is 60.7 Å². The van der Waals surface area contributed by atoms with E-state index in [2.05, 4.69) is 9.88 Å². The Morgan fingerprint density at radius 3 is 2.36 bits per heavy atom.